The topological polar surface area (TPSA) is 35.0 Å². The van der Waals surface area contributed by atoms with Crippen molar-refractivity contribution in [2.24, 2.45) is 0 Å². The number of rotatable bonds is 3. The molecule has 17 heavy (non-hydrogen) atoms. The van der Waals surface area contributed by atoms with Crippen LogP contribution in [0.25, 0.3) is 0 Å². The largest absolute Gasteiger partial charge is 0.471 e. The lowest BCUT2D eigenvalue weighted by molar-refractivity contribution is 0.289. The lowest BCUT2D eigenvalue weighted by atomic mass is 10.4. The minimum Gasteiger partial charge on any atom is -0.471 e. The lowest BCUT2D eigenvalue weighted by Gasteiger charge is -2.04. The second kappa shape index (κ2) is 7.39. The van der Waals surface area contributed by atoms with Crippen molar-refractivity contribution in [3.63, 3.8) is 0 Å². The smallest absolute Gasteiger partial charge is 0.213 e. The molecule has 0 aromatic carbocycles. The van der Waals surface area contributed by atoms with Crippen LogP contribution in [0, 0.1) is 6.92 Å². The second-order valence-electron chi connectivity index (χ2n) is 3.23. The zero-order chi connectivity index (χ0) is 12.5. The quantitative estimate of drug-likeness (QED) is 0.810. The number of aromatic nitrogens is 2. The molecule has 2 aromatic rings. The van der Waals surface area contributed by atoms with Crippen LogP contribution in [0.3, 0.4) is 0 Å². The van der Waals surface area contributed by atoms with E-state index in [1.165, 1.54) is 0 Å². The molecule has 3 nitrogen and oxygen atoms in total. The van der Waals surface area contributed by atoms with Crippen LogP contribution in [0.5, 0.6) is 5.88 Å². The highest BCUT2D eigenvalue weighted by molar-refractivity contribution is 5.15. The van der Waals surface area contributed by atoms with E-state index in [1.54, 1.807) is 6.20 Å². The number of ether oxygens (including phenoxy) is 1. The molecule has 0 aliphatic carbocycles. The van der Waals surface area contributed by atoms with E-state index in [0.717, 1.165) is 11.4 Å². The summed E-state index contributed by atoms with van der Waals surface area (Å²) in [4.78, 5) is 8.40. The summed E-state index contributed by atoms with van der Waals surface area (Å²) in [6.07, 6.45) is 1.75. The van der Waals surface area contributed by atoms with Gasteiger partial charge in [-0.3, -0.25) is 4.98 Å². The van der Waals surface area contributed by atoms with Gasteiger partial charge in [-0.25, -0.2) is 4.98 Å². The van der Waals surface area contributed by atoms with Crippen molar-refractivity contribution in [3.8, 4) is 5.88 Å². The van der Waals surface area contributed by atoms with Crippen molar-refractivity contribution >= 4 is 0 Å². The number of pyridine rings is 2. The molecule has 0 radical (unpaired) electrons. The van der Waals surface area contributed by atoms with E-state index in [9.17, 15) is 0 Å². The van der Waals surface area contributed by atoms with Gasteiger partial charge in [0.15, 0.2) is 0 Å². The van der Waals surface area contributed by atoms with Crippen LogP contribution in [0.4, 0.5) is 0 Å². The molecule has 0 spiro atoms. The Morgan fingerprint density at radius 2 is 1.88 bits per heavy atom. The van der Waals surface area contributed by atoms with Gasteiger partial charge in [-0.1, -0.05) is 26.0 Å². The maximum absolute atomic E-state index is 5.50. The van der Waals surface area contributed by atoms with Gasteiger partial charge < -0.3 is 4.74 Å². The monoisotopic (exact) mass is 230 g/mol. The van der Waals surface area contributed by atoms with Crippen molar-refractivity contribution in [1.82, 2.24) is 9.97 Å². The van der Waals surface area contributed by atoms with Gasteiger partial charge in [0.2, 0.25) is 5.88 Å². The highest BCUT2D eigenvalue weighted by Gasteiger charge is 1.97. The molecule has 0 aliphatic rings. The Morgan fingerprint density at radius 3 is 2.53 bits per heavy atom. The van der Waals surface area contributed by atoms with Crippen LogP contribution in [0.15, 0.2) is 42.6 Å². The standard InChI is InChI=1S/C12H12N2O.C2H6/c1-10-5-4-7-12(14-10)15-9-11-6-2-3-8-13-11;1-2/h2-8H,9H2,1H3;1-2H3. The molecule has 2 rings (SSSR count). The third-order valence-electron chi connectivity index (χ3n) is 1.96. The molecule has 3 heteroatoms. The SMILES string of the molecule is CC.Cc1cccc(OCc2ccccn2)n1. The van der Waals surface area contributed by atoms with Gasteiger partial charge in [-0.15, -0.1) is 0 Å². The Kier molecular flexibility index (Phi) is 5.72. The van der Waals surface area contributed by atoms with E-state index in [2.05, 4.69) is 9.97 Å². The summed E-state index contributed by atoms with van der Waals surface area (Å²) < 4.78 is 5.50. The number of hydrogen-bond donors (Lipinski definition) is 0. The molecular formula is C14H18N2O. The minimum absolute atomic E-state index is 0.456. The van der Waals surface area contributed by atoms with Crippen LogP contribution >= 0.6 is 0 Å². The third kappa shape index (κ3) is 4.64. The second-order valence-corrected chi connectivity index (χ2v) is 3.23. The summed E-state index contributed by atoms with van der Waals surface area (Å²) >= 11 is 0. The maximum Gasteiger partial charge on any atom is 0.213 e. The first kappa shape index (κ1) is 13.2. The van der Waals surface area contributed by atoms with Crippen molar-refractivity contribution < 1.29 is 4.74 Å². The van der Waals surface area contributed by atoms with Gasteiger partial charge >= 0.3 is 0 Å². The van der Waals surface area contributed by atoms with Crippen LogP contribution in [-0.2, 0) is 6.61 Å². The summed E-state index contributed by atoms with van der Waals surface area (Å²) in [6.45, 7) is 6.39. The van der Waals surface area contributed by atoms with E-state index in [0.29, 0.717) is 12.5 Å². The van der Waals surface area contributed by atoms with Crippen molar-refractivity contribution in [2.75, 3.05) is 0 Å². The molecule has 0 atom stereocenters. The molecule has 0 amide bonds. The summed E-state index contributed by atoms with van der Waals surface area (Å²) in [5, 5.41) is 0. The molecule has 0 aliphatic heterocycles. The summed E-state index contributed by atoms with van der Waals surface area (Å²) in [6, 6.07) is 11.5. The van der Waals surface area contributed by atoms with Crippen LogP contribution < -0.4 is 4.74 Å². The van der Waals surface area contributed by atoms with E-state index in [1.807, 2.05) is 57.2 Å². The lowest BCUT2D eigenvalue weighted by Crippen LogP contribution is -1.99. The van der Waals surface area contributed by atoms with Crippen LogP contribution in [0.2, 0.25) is 0 Å². The Hall–Kier alpha value is -1.90. The molecule has 0 fully saturated rings. The van der Waals surface area contributed by atoms with Crippen LogP contribution in [0.1, 0.15) is 25.2 Å². The van der Waals surface area contributed by atoms with Gasteiger partial charge in [0, 0.05) is 18.0 Å². The first-order chi connectivity index (χ1) is 8.34. The maximum atomic E-state index is 5.50. The molecule has 0 unspecified atom stereocenters. The average molecular weight is 230 g/mol. The number of hydrogen-bond acceptors (Lipinski definition) is 3. The fourth-order valence-electron chi connectivity index (χ4n) is 1.23. The molecular weight excluding hydrogens is 212 g/mol. The normalized spacial score (nSPS) is 9.12. The minimum atomic E-state index is 0.456. The molecule has 0 saturated carbocycles. The third-order valence-corrected chi connectivity index (χ3v) is 1.96. The molecule has 0 saturated heterocycles. The highest BCUT2D eigenvalue weighted by Crippen LogP contribution is 2.08. The summed E-state index contributed by atoms with van der Waals surface area (Å²) in [5.41, 5.74) is 1.86. The number of nitrogens with zero attached hydrogens (tertiary/aromatic N) is 2. The van der Waals surface area contributed by atoms with Gasteiger partial charge in [-0.05, 0) is 25.1 Å². The fraction of sp³-hybridized carbons (Fsp3) is 0.286. The van der Waals surface area contributed by atoms with Crippen molar-refractivity contribution in [2.45, 2.75) is 27.4 Å². The Balaban J connectivity index is 0.000000686. The highest BCUT2D eigenvalue weighted by atomic mass is 16.5. The van der Waals surface area contributed by atoms with E-state index in [4.69, 9.17) is 4.74 Å². The Bertz CT molecular complexity index is 429. The molecule has 0 bridgehead atoms. The molecule has 0 N–H and O–H groups in total. The molecule has 90 valence electrons. The number of aryl methyl sites for hydroxylation is 1. The fourth-order valence-corrected chi connectivity index (χ4v) is 1.23. The van der Waals surface area contributed by atoms with E-state index >= 15 is 0 Å². The zero-order valence-electron chi connectivity index (χ0n) is 10.6. The van der Waals surface area contributed by atoms with Gasteiger partial charge in [0.05, 0.1) is 5.69 Å². The Morgan fingerprint density at radius 1 is 1.06 bits per heavy atom. The van der Waals surface area contributed by atoms with Gasteiger partial charge in [-0.2, -0.15) is 0 Å². The first-order valence-corrected chi connectivity index (χ1v) is 5.81. The first-order valence-electron chi connectivity index (χ1n) is 5.81. The average Bonchev–Trinajstić information content (AvgIpc) is 2.40. The predicted octanol–water partition coefficient (Wildman–Crippen LogP) is 3.39. The molecule has 2 heterocycles. The van der Waals surface area contributed by atoms with E-state index < -0.39 is 0 Å². The molecule has 2 aromatic heterocycles. The summed E-state index contributed by atoms with van der Waals surface area (Å²) in [7, 11) is 0. The zero-order valence-corrected chi connectivity index (χ0v) is 10.6. The van der Waals surface area contributed by atoms with Gasteiger partial charge in [0.25, 0.3) is 0 Å². The van der Waals surface area contributed by atoms with E-state index in [-0.39, 0.29) is 0 Å². The van der Waals surface area contributed by atoms with Crippen LogP contribution in [-0.4, -0.2) is 9.97 Å². The van der Waals surface area contributed by atoms with Gasteiger partial charge in [0.1, 0.15) is 6.61 Å². The Labute approximate surface area is 103 Å². The van der Waals surface area contributed by atoms with Crippen molar-refractivity contribution in [3.05, 3.63) is 54.0 Å². The van der Waals surface area contributed by atoms with Crippen molar-refractivity contribution in [1.29, 1.82) is 0 Å². The summed E-state index contributed by atoms with van der Waals surface area (Å²) in [5.74, 6) is 0.639. The predicted molar refractivity (Wildman–Crippen MR) is 68.9 cm³/mol.